The Morgan fingerprint density at radius 2 is 2.29 bits per heavy atom. The van der Waals surface area contributed by atoms with E-state index in [2.05, 4.69) is 14.8 Å². The van der Waals surface area contributed by atoms with E-state index in [1.54, 1.807) is 4.78 Å². The Labute approximate surface area is 45.1 Å². The van der Waals surface area contributed by atoms with Crippen molar-refractivity contribution in [1.29, 1.82) is 0 Å². The van der Waals surface area contributed by atoms with E-state index in [9.17, 15) is 0 Å². The molecule has 0 spiro atoms. The van der Waals surface area contributed by atoms with Gasteiger partial charge in [0.1, 0.15) is 0 Å². The predicted octanol–water partition coefficient (Wildman–Crippen LogP) is 0.624. The van der Waals surface area contributed by atoms with Crippen LogP contribution in [-0.4, -0.2) is 4.78 Å². The summed E-state index contributed by atoms with van der Waals surface area (Å²) in [4.78, 5) is 0. The molecule has 0 saturated carbocycles. The van der Waals surface area contributed by atoms with Crippen molar-refractivity contribution in [3.05, 3.63) is 24.6 Å². The van der Waals surface area contributed by atoms with Gasteiger partial charge in [-0.05, 0) is 21.5 Å². The third-order valence-corrected chi connectivity index (χ3v) is 0.999. The molecule has 1 aliphatic heterocycles. The van der Waals surface area contributed by atoms with Gasteiger partial charge in [0, 0.05) is 12.4 Å². The first-order chi connectivity index (χ1) is 3.39. The van der Waals surface area contributed by atoms with E-state index < -0.39 is 0 Å². The molecule has 1 heterocycles. The smallest absolute Gasteiger partial charge is 0.0245 e. The van der Waals surface area contributed by atoms with Crippen LogP contribution < -0.4 is 5.43 Å². The highest BCUT2D eigenvalue weighted by molar-refractivity contribution is 7.13. The molecule has 1 aliphatic rings. The Morgan fingerprint density at radius 1 is 1.43 bits per heavy atom. The van der Waals surface area contributed by atoms with Gasteiger partial charge in [-0.1, -0.05) is 0 Å². The van der Waals surface area contributed by atoms with Gasteiger partial charge in [0.15, 0.2) is 0 Å². The van der Waals surface area contributed by atoms with Gasteiger partial charge < -0.3 is 5.43 Å². The van der Waals surface area contributed by atoms with E-state index in [1.165, 1.54) is 0 Å². The molecule has 3 heteroatoms. The largest absolute Gasteiger partial charge is 0.304 e. The van der Waals surface area contributed by atoms with Gasteiger partial charge in [0.25, 0.3) is 0 Å². The first-order valence-electron chi connectivity index (χ1n) is 2.03. The van der Waals surface area contributed by atoms with Crippen molar-refractivity contribution in [1.82, 2.24) is 10.2 Å². The molecule has 38 valence electrons. The zero-order valence-corrected chi connectivity index (χ0v) is 4.99. The lowest BCUT2D eigenvalue weighted by atomic mass is 10.5. The lowest BCUT2D eigenvalue weighted by Crippen LogP contribution is -2.19. The summed E-state index contributed by atoms with van der Waals surface area (Å²) in [6.07, 6.45) is 7.64. The van der Waals surface area contributed by atoms with E-state index in [-0.39, 0.29) is 0 Å². The normalized spacial score (nSPS) is 17.0. The van der Waals surface area contributed by atoms with Crippen molar-refractivity contribution in [2.24, 2.45) is 0 Å². The number of hydrogen-bond donors (Lipinski definition) is 1. The average molecular weight is 114 g/mol. The van der Waals surface area contributed by atoms with Gasteiger partial charge in [-0.15, -0.1) is 0 Å². The third-order valence-electron chi connectivity index (χ3n) is 0.678. The monoisotopic (exact) mass is 114 g/mol. The molecule has 0 aromatic carbocycles. The van der Waals surface area contributed by atoms with Crippen LogP contribution in [0.2, 0.25) is 0 Å². The SMILES string of the molecule is PN1C=CC=CN1. The predicted molar refractivity (Wildman–Crippen MR) is 33.0 cm³/mol. The summed E-state index contributed by atoms with van der Waals surface area (Å²) in [6, 6.07) is 0. The Balaban J connectivity index is 2.49. The minimum atomic E-state index is 1.79. The van der Waals surface area contributed by atoms with Crippen molar-refractivity contribution in [2.45, 2.75) is 0 Å². The summed E-state index contributed by atoms with van der Waals surface area (Å²) in [5.74, 6) is 0. The van der Waals surface area contributed by atoms with Crippen LogP contribution >= 0.6 is 9.39 Å². The molecule has 0 aromatic rings. The average Bonchev–Trinajstić information content (AvgIpc) is 1.69. The highest BCUT2D eigenvalue weighted by atomic mass is 31.0. The lowest BCUT2D eigenvalue weighted by molar-refractivity contribution is 0.533. The van der Waals surface area contributed by atoms with Crippen molar-refractivity contribution >= 4 is 9.39 Å². The maximum absolute atomic E-state index is 2.91. The fourth-order valence-corrected chi connectivity index (χ4v) is 0.556. The van der Waals surface area contributed by atoms with Crippen LogP contribution in [-0.2, 0) is 0 Å². The molecular weight excluding hydrogens is 107 g/mol. The Hall–Kier alpha value is -0.490. The highest BCUT2D eigenvalue weighted by Gasteiger charge is 1.83. The molecule has 1 N–H and O–H groups in total. The first kappa shape index (κ1) is 4.66. The highest BCUT2D eigenvalue weighted by Crippen LogP contribution is 1.96. The second-order valence-electron chi connectivity index (χ2n) is 1.24. The van der Waals surface area contributed by atoms with E-state index in [1.807, 2.05) is 24.6 Å². The number of rotatable bonds is 0. The molecule has 0 aliphatic carbocycles. The minimum absolute atomic E-state index is 1.79. The number of allylic oxidation sites excluding steroid dienone is 2. The summed E-state index contributed by atoms with van der Waals surface area (Å²) in [5, 5.41) is 0. The fraction of sp³-hybridized carbons (Fsp3) is 0. The quantitative estimate of drug-likeness (QED) is 0.464. The second kappa shape index (κ2) is 1.99. The van der Waals surface area contributed by atoms with Gasteiger partial charge in [-0.2, -0.15) is 0 Å². The van der Waals surface area contributed by atoms with Gasteiger partial charge in [-0.25, -0.2) is 0 Å². The van der Waals surface area contributed by atoms with Crippen molar-refractivity contribution in [3.63, 3.8) is 0 Å². The number of hydrazine groups is 1. The van der Waals surface area contributed by atoms with Crippen molar-refractivity contribution < 1.29 is 0 Å². The summed E-state index contributed by atoms with van der Waals surface area (Å²) in [5.41, 5.74) is 2.91. The topological polar surface area (TPSA) is 15.3 Å². The third kappa shape index (κ3) is 1.20. The van der Waals surface area contributed by atoms with Gasteiger partial charge in [0.2, 0.25) is 0 Å². The molecule has 0 amide bonds. The number of nitrogens with zero attached hydrogens (tertiary/aromatic N) is 1. The maximum Gasteiger partial charge on any atom is 0.0245 e. The van der Waals surface area contributed by atoms with Crippen molar-refractivity contribution in [2.75, 3.05) is 0 Å². The van der Waals surface area contributed by atoms with Gasteiger partial charge in [0.05, 0.1) is 0 Å². The fourth-order valence-electron chi connectivity index (χ4n) is 0.370. The van der Waals surface area contributed by atoms with Crippen LogP contribution in [0.3, 0.4) is 0 Å². The zero-order chi connectivity index (χ0) is 5.11. The zero-order valence-electron chi connectivity index (χ0n) is 3.83. The Kier molecular flexibility index (Phi) is 1.32. The minimum Gasteiger partial charge on any atom is -0.304 e. The van der Waals surface area contributed by atoms with Crippen molar-refractivity contribution in [3.8, 4) is 0 Å². The molecule has 1 unspecified atom stereocenters. The number of nitrogens with one attached hydrogen (secondary N) is 1. The van der Waals surface area contributed by atoms with Crippen LogP contribution in [0, 0.1) is 0 Å². The van der Waals surface area contributed by atoms with Gasteiger partial charge in [-0.3, -0.25) is 4.78 Å². The lowest BCUT2D eigenvalue weighted by Gasteiger charge is -2.14. The summed E-state index contributed by atoms with van der Waals surface area (Å²) < 4.78 is 1.79. The van der Waals surface area contributed by atoms with E-state index in [0.29, 0.717) is 0 Å². The van der Waals surface area contributed by atoms with E-state index in [4.69, 9.17) is 0 Å². The summed E-state index contributed by atoms with van der Waals surface area (Å²) >= 11 is 0. The second-order valence-corrected chi connectivity index (χ2v) is 1.79. The van der Waals surface area contributed by atoms with E-state index in [0.717, 1.165) is 0 Å². The standard InChI is InChI=1S/C4H7N2P/c7-6-4-2-1-3-5-6/h1-5H,7H2. The Morgan fingerprint density at radius 3 is 2.57 bits per heavy atom. The van der Waals surface area contributed by atoms with Crippen LogP contribution in [0.4, 0.5) is 0 Å². The van der Waals surface area contributed by atoms with Crippen LogP contribution in [0.1, 0.15) is 0 Å². The molecule has 1 atom stereocenters. The molecule has 7 heavy (non-hydrogen) atoms. The molecule has 2 nitrogen and oxygen atoms in total. The number of hydrogen-bond acceptors (Lipinski definition) is 2. The van der Waals surface area contributed by atoms with Crippen LogP contribution in [0.25, 0.3) is 0 Å². The molecule has 0 radical (unpaired) electrons. The van der Waals surface area contributed by atoms with Gasteiger partial charge >= 0.3 is 0 Å². The van der Waals surface area contributed by atoms with Crippen LogP contribution in [0.15, 0.2) is 24.6 Å². The molecule has 0 bridgehead atoms. The molecular formula is C4H7N2P. The van der Waals surface area contributed by atoms with E-state index >= 15 is 0 Å². The molecule has 0 aromatic heterocycles. The first-order valence-corrected chi connectivity index (χ1v) is 2.55. The summed E-state index contributed by atoms with van der Waals surface area (Å²) in [6.45, 7) is 0. The Bertz CT molecular complexity index is 108. The summed E-state index contributed by atoms with van der Waals surface area (Å²) in [7, 11) is 2.49. The molecule has 0 fully saturated rings. The molecule has 0 saturated heterocycles. The van der Waals surface area contributed by atoms with Crippen LogP contribution in [0.5, 0.6) is 0 Å². The molecule has 1 rings (SSSR count). The maximum atomic E-state index is 2.91.